The molecule has 0 amide bonds. The maximum Gasteiger partial charge on any atom is 0.340 e. The van der Waals surface area contributed by atoms with Crippen LogP contribution in [0.5, 0.6) is 23.0 Å². The van der Waals surface area contributed by atoms with E-state index in [2.05, 4.69) is 0 Å². The van der Waals surface area contributed by atoms with Gasteiger partial charge in [-0.25, -0.2) is 4.79 Å². The summed E-state index contributed by atoms with van der Waals surface area (Å²) in [6.07, 6.45) is 1.83. The number of aromatic carboxylic acids is 1. The third-order valence-electron chi connectivity index (χ3n) is 2.99. The Hall–Kier alpha value is -2.34. The summed E-state index contributed by atoms with van der Waals surface area (Å²) in [4.78, 5) is 12.1. The number of thioether (sulfide) groups is 1. The monoisotopic (exact) mass is 304 g/mol. The zero-order chi connectivity index (χ0) is 14.8. The Balaban J connectivity index is 1.96. The Morgan fingerprint density at radius 1 is 1.24 bits per heavy atom. The van der Waals surface area contributed by atoms with E-state index in [-0.39, 0.29) is 12.4 Å². The topological polar surface area (TPSA) is 65.0 Å². The molecule has 0 atom stereocenters. The molecule has 0 unspecified atom stereocenters. The van der Waals surface area contributed by atoms with Gasteiger partial charge in [0.1, 0.15) is 17.1 Å². The van der Waals surface area contributed by atoms with Crippen LogP contribution in [0.1, 0.15) is 10.4 Å². The quantitative estimate of drug-likeness (QED) is 0.870. The van der Waals surface area contributed by atoms with Crippen LogP contribution in [0, 0.1) is 0 Å². The third kappa shape index (κ3) is 2.62. The van der Waals surface area contributed by atoms with Crippen molar-refractivity contribution < 1.29 is 24.1 Å². The second kappa shape index (κ2) is 5.57. The average Bonchev–Trinajstić information content (AvgIpc) is 2.94. The minimum absolute atomic E-state index is 0.155. The van der Waals surface area contributed by atoms with Crippen LogP contribution in [-0.4, -0.2) is 24.1 Å². The molecule has 21 heavy (non-hydrogen) atoms. The fraction of sp³-hybridized carbons (Fsp3) is 0.133. The number of carbonyl (C=O) groups is 1. The molecular weight excluding hydrogens is 292 g/mol. The standard InChI is InChI=1S/C15H12O5S/c1-21-13-4-2-3-11(14(13)15(16)17)20-9-5-6-10-12(7-9)19-8-18-10/h2-7H,8H2,1H3,(H,16,17). The van der Waals surface area contributed by atoms with Crippen LogP contribution in [0.3, 0.4) is 0 Å². The normalized spacial score (nSPS) is 12.2. The van der Waals surface area contributed by atoms with Crippen LogP contribution >= 0.6 is 11.8 Å². The molecule has 0 bridgehead atoms. The van der Waals surface area contributed by atoms with E-state index >= 15 is 0 Å². The van der Waals surface area contributed by atoms with Gasteiger partial charge < -0.3 is 19.3 Å². The van der Waals surface area contributed by atoms with Gasteiger partial charge in [0.05, 0.1) is 0 Å². The number of benzene rings is 2. The van der Waals surface area contributed by atoms with Gasteiger partial charge in [0.2, 0.25) is 6.79 Å². The zero-order valence-electron chi connectivity index (χ0n) is 11.2. The molecule has 0 fully saturated rings. The van der Waals surface area contributed by atoms with Crippen molar-refractivity contribution in [1.82, 2.24) is 0 Å². The first-order chi connectivity index (χ1) is 10.2. The summed E-state index contributed by atoms with van der Waals surface area (Å²) in [6, 6.07) is 10.3. The summed E-state index contributed by atoms with van der Waals surface area (Å²) in [5.41, 5.74) is 0.155. The summed E-state index contributed by atoms with van der Waals surface area (Å²) in [5, 5.41) is 9.37. The van der Waals surface area contributed by atoms with Crippen molar-refractivity contribution in [3.63, 3.8) is 0 Å². The summed E-state index contributed by atoms with van der Waals surface area (Å²) in [6.45, 7) is 0.182. The van der Waals surface area contributed by atoms with E-state index in [1.165, 1.54) is 11.8 Å². The molecule has 0 aromatic heterocycles. The van der Waals surface area contributed by atoms with Gasteiger partial charge in [-0.05, 0) is 30.5 Å². The first kappa shape index (κ1) is 13.6. The van der Waals surface area contributed by atoms with E-state index in [4.69, 9.17) is 14.2 Å². The van der Waals surface area contributed by atoms with Crippen molar-refractivity contribution in [2.45, 2.75) is 4.90 Å². The lowest BCUT2D eigenvalue weighted by atomic mass is 10.2. The second-order valence-corrected chi connectivity index (χ2v) is 5.10. The molecule has 0 saturated carbocycles. The third-order valence-corrected chi connectivity index (χ3v) is 3.77. The van der Waals surface area contributed by atoms with E-state index in [1.54, 1.807) is 36.4 Å². The van der Waals surface area contributed by atoms with Crippen molar-refractivity contribution in [2.24, 2.45) is 0 Å². The van der Waals surface area contributed by atoms with E-state index in [1.807, 2.05) is 6.26 Å². The molecular formula is C15H12O5S. The zero-order valence-corrected chi connectivity index (χ0v) is 12.0. The summed E-state index contributed by atoms with van der Waals surface area (Å²) in [5.74, 6) is 1.02. The number of fused-ring (bicyclic) bond motifs is 1. The number of hydrogen-bond acceptors (Lipinski definition) is 5. The molecule has 108 valence electrons. The number of hydrogen-bond donors (Lipinski definition) is 1. The summed E-state index contributed by atoms with van der Waals surface area (Å²) < 4.78 is 16.2. The molecule has 5 nitrogen and oxygen atoms in total. The largest absolute Gasteiger partial charge is 0.478 e. The molecule has 2 aromatic rings. The average molecular weight is 304 g/mol. The summed E-state index contributed by atoms with van der Waals surface area (Å²) in [7, 11) is 0. The smallest absolute Gasteiger partial charge is 0.340 e. The molecule has 0 aliphatic carbocycles. The van der Waals surface area contributed by atoms with Gasteiger partial charge in [0, 0.05) is 11.0 Å². The van der Waals surface area contributed by atoms with Gasteiger partial charge in [-0.1, -0.05) is 6.07 Å². The number of carboxylic acids is 1. The first-order valence-corrected chi connectivity index (χ1v) is 7.39. The van der Waals surface area contributed by atoms with E-state index < -0.39 is 5.97 Å². The number of ether oxygens (including phenoxy) is 3. The van der Waals surface area contributed by atoms with Crippen LogP contribution in [0.2, 0.25) is 0 Å². The Labute approximate surface area is 125 Å². The molecule has 1 heterocycles. The molecule has 6 heteroatoms. The van der Waals surface area contributed by atoms with E-state index in [9.17, 15) is 9.90 Å². The van der Waals surface area contributed by atoms with Gasteiger partial charge in [0.25, 0.3) is 0 Å². The molecule has 1 aliphatic heterocycles. The van der Waals surface area contributed by atoms with Crippen molar-refractivity contribution in [1.29, 1.82) is 0 Å². The Kier molecular flexibility index (Phi) is 3.62. The lowest BCUT2D eigenvalue weighted by Gasteiger charge is -2.11. The van der Waals surface area contributed by atoms with E-state index in [0.29, 0.717) is 27.9 Å². The fourth-order valence-corrected chi connectivity index (χ4v) is 2.65. The van der Waals surface area contributed by atoms with Crippen LogP contribution in [-0.2, 0) is 0 Å². The molecule has 0 radical (unpaired) electrons. The maximum absolute atomic E-state index is 11.4. The van der Waals surface area contributed by atoms with Crippen LogP contribution < -0.4 is 14.2 Å². The first-order valence-electron chi connectivity index (χ1n) is 6.17. The van der Waals surface area contributed by atoms with Crippen molar-refractivity contribution in [3.05, 3.63) is 42.0 Å². The molecule has 0 saturated heterocycles. The Morgan fingerprint density at radius 3 is 2.81 bits per heavy atom. The highest BCUT2D eigenvalue weighted by Crippen LogP contribution is 2.38. The predicted octanol–water partition coefficient (Wildman–Crippen LogP) is 3.63. The van der Waals surface area contributed by atoms with Crippen molar-refractivity contribution in [2.75, 3.05) is 13.0 Å². The molecule has 1 N–H and O–H groups in total. The van der Waals surface area contributed by atoms with Gasteiger partial charge in [-0.15, -0.1) is 11.8 Å². The second-order valence-electron chi connectivity index (χ2n) is 4.26. The van der Waals surface area contributed by atoms with Crippen LogP contribution in [0.15, 0.2) is 41.3 Å². The Bertz CT molecular complexity index is 698. The minimum atomic E-state index is -1.02. The summed E-state index contributed by atoms with van der Waals surface area (Å²) >= 11 is 1.36. The maximum atomic E-state index is 11.4. The molecule has 1 aliphatic rings. The molecule has 0 spiro atoms. The lowest BCUT2D eigenvalue weighted by molar-refractivity contribution is 0.0690. The highest BCUT2D eigenvalue weighted by Gasteiger charge is 2.18. The van der Waals surface area contributed by atoms with E-state index in [0.717, 1.165) is 0 Å². The van der Waals surface area contributed by atoms with Crippen molar-refractivity contribution >= 4 is 17.7 Å². The van der Waals surface area contributed by atoms with Crippen LogP contribution in [0.25, 0.3) is 0 Å². The number of carboxylic acid groups (broad SMARTS) is 1. The van der Waals surface area contributed by atoms with Gasteiger partial charge in [0.15, 0.2) is 11.5 Å². The highest BCUT2D eigenvalue weighted by molar-refractivity contribution is 7.98. The number of rotatable bonds is 4. The highest BCUT2D eigenvalue weighted by atomic mass is 32.2. The van der Waals surface area contributed by atoms with Gasteiger partial charge in [-0.2, -0.15) is 0 Å². The SMILES string of the molecule is CSc1cccc(Oc2ccc3c(c2)OCO3)c1C(=O)O. The lowest BCUT2D eigenvalue weighted by Crippen LogP contribution is -2.02. The van der Waals surface area contributed by atoms with Gasteiger partial charge in [-0.3, -0.25) is 0 Å². The fourth-order valence-electron chi connectivity index (χ4n) is 2.04. The molecule has 3 rings (SSSR count). The molecule has 2 aromatic carbocycles. The van der Waals surface area contributed by atoms with Gasteiger partial charge >= 0.3 is 5.97 Å². The minimum Gasteiger partial charge on any atom is -0.478 e. The predicted molar refractivity (Wildman–Crippen MR) is 77.8 cm³/mol. The van der Waals surface area contributed by atoms with Crippen molar-refractivity contribution in [3.8, 4) is 23.0 Å². The van der Waals surface area contributed by atoms with Crippen LogP contribution in [0.4, 0.5) is 0 Å². The Morgan fingerprint density at radius 2 is 2.05 bits per heavy atom.